The first-order chi connectivity index (χ1) is 8.28. The normalized spacial score (nSPS) is 9.71. The fraction of sp³-hybridized carbons (Fsp3) is 0.100. The molecular weight excluding hydrogens is 242 g/mol. The van der Waals surface area contributed by atoms with Crippen molar-refractivity contribution in [3.8, 4) is 11.2 Å². The zero-order chi connectivity index (χ0) is 12.1. The van der Waals surface area contributed by atoms with E-state index in [9.17, 15) is 4.79 Å². The number of para-hydroxylation sites is 1. The molecule has 1 N–H and O–H groups in total. The summed E-state index contributed by atoms with van der Waals surface area (Å²) in [6, 6.07) is 9.15. The lowest BCUT2D eigenvalue weighted by Gasteiger charge is -2.02. The molecule has 88 valence electrons. The molecule has 17 heavy (non-hydrogen) atoms. The lowest BCUT2D eigenvalue weighted by Crippen LogP contribution is -2.16. The highest BCUT2D eigenvalue weighted by Crippen LogP contribution is 2.18. The summed E-state index contributed by atoms with van der Waals surface area (Å²) in [6.45, 7) is 0. The van der Waals surface area contributed by atoms with Gasteiger partial charge in [-0.3, -0.25) is 5.32 Å². The van der Waals surface area contributed by atoms with Crippen LogP contribution in [0, 0.1) is 0 Å². The molecule has 0 aliphatic carbocycles. The molecule has 0 atom stereocenters. The lowest BCUT2D eigenvalue weighted by molar-refractivity contribution is 0.214. The van der Waals surface area contributed by atoms with E-state index in [-0.39, 0.29) is 11.2 Å². The van der Waals surface area contributed by atoms with E-state index in [4.69, 9.17) is 9.47 Å². The average molecular weight is 251 g/mol. The molecule has 6 nitrogen and oxygen atoms in total. The maximum Gasteiger partial charge on any atom is 0.419 e. The van der Waals surface area contributed by atoms with Crippen molar-refractivity contribution in [1.29, 1.82) is 0 Å². The number of anilines is 1. The van der Waals surface area contributed by atoms with E-state index < -0.39 is 6.09 Å². The summed E-state index contributed by atoms with van der Waals surface area (Å²) in [6.07, 6.45) is -0.616. The smallest absolute Gasteiger partial charge is 0.419 e. The Morgan fingerprint density at radius 2 is 2.12 bits per heavy atom. The largest absolute Gasteiger partial charge is 0.466 e. The third kappa shape index (κ3) is 3.15. The van der Waals surface area contributed by atoms with Gasteiger partial charge < -0.3 is 9.47 Å². The van der Waals surface area contributed by atoms with Crippen LogP contribution in [0.2, 0.25) is 0 Å². The van der Waals surface area contributed by atoms with E-state index in [0.29, 0.717) is 5.69 Å². The maximum absolute atomic E-state index is 11.4. The van der Waals surface area contributed by atoms with Gasteiger partial charge in [0.15, 0.2) is 0 Å². The van der Waals surface area contributed by atoms with Crippen molar-refractivity contribution >= 4 is 23.3 Å². The van der Waals surface area contributed by atoms with Crippen molar-refractivity contribution in [1.82, 2.24) is 9.36 Å². The highest BCUT2D eigenvalue weighted by molar-refractivity contribution is 7.07. The minimum absolute atomic E-state index is 0.135. The van der Waals surface area contributed by atoms with Gasteiger partial charge in [0, 0.05) is 17.2 Å². The number of rotatable bonds is 3. The highest BCUT2D eigenvalue weighted by atomic mass is 32.1. The van der Waals surface area contributed by atoms with Gasteiger partial charge in [-0.1, -0.05) is 18.2 Å². The van der Waals surface area contributed by atoms with E-state index in [2.05, 4.69) is 14.7 Å². The summed E-state index contributed by atoms with van der Waals surface area (Å²) in [7, 11) is 1.44. The van der Waals surface area contributed by atoms with Crippen molar-refractivity contribution in [3.63, 3.8) is 0 Å². The van der Waals surface area contributed by atoms with Gasteiger partial charge in [-0.05, 0) is 12.1 Å². The van der Waals surface area contributed by atoms with Gasteiger partial charge in [0.05, 0.1) is 7.11 Å². The second-order valence-electron chi connectivity index (χ2n) is 2.93. The third-order valence-corrected chi connectivity index (χ3v) is 2.35. The van der Waals surface area contributed by atoms with Crippen LogP contribution in [-0.4, -0.2) is 22.6 Å². The Hall–Kier alpha value is -2.15. The van der Waals surface area contributed by atoms with Crippen molar-refractivity contribution in [3.05, 3.63) is 30.3 Å². The number of benzene rings is 1. The van der Waals surface area contributed by atoms with Crippen molar-refractivity contribution in [2.45, 2.75) is 0 Å². The molecule has 1 heterocycles. The number of amides is 1. The summed E-state index contributed by atoms with van der Waals surface area (Å²) in [5.41, 5.74) is 0.647. The average Bonchev–Trinajstić information content (AvgIpc) is 2.78. The van der Waals surface area contributed by atoms with Gasteiger partial charge in [0.25, 0.3) is 0 Å². The summed E-state index contributed by atoms with van der Waals surface area (Å²) < 4.78 is 13.5. The Kier molecular flexibility index (Phi) is 3.51. The quantitative estimate of drug-likeness (QED) is 0.904. The fourth-order valence-electron chi connectivity index (χ4n) is 1.07. The monoisotopic (exact) mass is 251 g/mol. The molecule has 2 aromatic rings. The number of methoxy groups -OCH3 is 1. The highest BCUT2D eigenvalue weighted by Gasteiger charge is 2.10. The van der Waals surface area contributed by atoms with Crippen LogP contribution in [0.3, 0.4) is 0 Å². The predicted molar refractivity (Wildman–Crippen MR) is 62.5 cm³/mol. The number of nitrogens with zero attached hydrogens (tertiary/aromatic N) is 2. The first-order valence-electron chi connectivity index (χ1n) is 4.69. The molecule has 0 aliphatic heterocycles. The molecule has 0 saturated carbocycles. The number of carbonyl (C=O) groups is 1. The predicted octanol–water partition coefficient (Wildman–Crippen LogP) is 2.16. The molecule has 1 amide bonds. The third-order valence-electron chi connectivity index (χ3n) is 1.77. The van der Waals surface area contributed by atoms with E-state index >= 15 is 0 Å². The van der Waals surface area contributed by atoms with Crippen molar-refractivity contribution in [2.75, 3.05) is 12.4 Å². The minimum Gasteiger partial charge on any atom is -0.466 e. The number of hydrogen-bond donors (Lipinski definition) is 1. The minimum atomic E-state index is -0.616. The van der Waals surface area contributed by atoms with Gasteiger partial charge in [-0.25, -0.2) is 4.79 Å². The Morgan fingerprint density at radius 3 is 2.76 bits per heavy atom. The molecule has 1 aromatic carbocycles. The number of hydrogen-bond acceptors (Lipinski definition) is 6. The van der Waals surface area contributed by atoms with Gasteiger partial charge in [0.2, 0.25) is 0 Å². The number of carbonyl (C=O) groups excluding carboxylic acids is 1. The van der Waals surface area contributed by atoms with Crippen LogP contribution in [0.4, 0.5) is 10.5 Å². The Bertz CT molecular complexity index is 501. The van der Waals surface area contributed by atoms with Crippen LogP contribution in [0.25, 0.3) is 0 Å². The standard InChI is InChI=1S/C10H9N3O3S/c1-15-8-12-10(17-13-8)16-9(14)11-7-5-3-2-4-6-7/h2-6H,1H3,(H,11,14). The number of aromatic nitrogens is 2. The van der Waals surface area contributed by atoms with Crippen LogP contribution in [0.5, 0.6) is 11.2 Å². The van der Waals surface area contributed by atoms with E-state index in [0.717, 1.165) is 11.5 Å². The maximum atomic E-state index is 11.4. The summed E-state index contributed by atoms with van der Waals surface area (Å²) in [5, 5.41) is 2.69. The molecule has 0 spiro atoms. The van der Waals surface area contributed by atoms with E-state index in [1.165, 1.54) is 7.11 Å². The van der Waals surface area contributed by atoms with Crippen LogP contribution in [0.1, 0.15) is 0 Å². The first kappa shape index (κ1) is 11.3. The van der Waals surface area contributed by atoms with Crippen molar-refractivity contribution in [2.24, 2.45) is 0 Å². The summed E-state index contributed by atoms with van der Waals surface area (Å²) in [5.74, 6) is 0. The zero-order valence-corrected chi connectivity index (χ0v) is 9.73. The molecule has 0 aliphatic rings. The Labute approximate surface area is 101 Å². The topological polar surface area (TPSA) is 73.3 Å². The molecule has 0 fully saturated rings. The van der Waals surface area contributed by atoms with Gasteiger partial charge in [-0.15, -0.1) is 9.36 Å². The summed E-state index contributed by atoms with van der Waals surface area (Å²) in [4.78, 5) is 15.3. The van der Waals surface area contributed by atoms with Crippen LogP contribution in [0.15, 0.2) is 30.3 Å². The Balaban J connectivity index is 1.93. The second kappa shape index (κ2) is 5.26. The second-order valence-corrected chi connectivity index (χ2v) is 3.64. The van der Waals surface area contributed by atoms with Crippen molar-refractivity contribution < 1.29 is 14.3 Å². The molecule has 0 bridgehead atoms. The van der Waals surface area contributed by atoms with Gasteiger partial charge in [0.1, 0.15) is 0 Å². The first-order valence-corrected chi connectivity index (χ1v) is 5.47. The Morgan fingerprint density at radius 1 is 1.35 bits per heavy atom. The van der Waals surface area contributed by atoms with Gasteiger partial charge in [-0.2, -0.15) is 0 Å². The molecule has 0 radical (unpaired) electrons. The van der Waals surface area contributed by atoms with Crippen LogP contribution < -0.4 is 14.8 Å². The number of nitrogens with one attached hydrogen (secondary N) is 1. The molecule has 2 rings (SSSR count). The van der Waals surface area contributed by atoms with E-state index in [1.807, 2.05) is 18.2 Å². The SMILES string of the molecule is COc1nsc(OC(=O)Nc2ccccc2)n1. The molecule has 0 saturated heterocycles. The fourth-order valence-corrected chi connectivity index (χ4v) is 1.57. The van der Waals surface area contributed by atoms with Crippen LogP contribution >= 0.6 is 11.5 Å². The molecule has 0 unspecified atom stereocenters. The van der Waals surface area contributed by atoms with Crippen LogP contribution in [-0.2, 0) is 0 Å². The molecule has 7 heteroatoms. The summed E-state index contributed by atoms with van der Waals surface area (Å²) >= 11 is 0.944. The van der Waals surface area contributed by atoms with Gasteiger partial charge >= 0.3 is 17.3 Å². The lowest BCUT2D eigenvalue weighted by atomic mass is 10.3. The molecular formula is C10H9N3O3S. The van der Waals surface area contributed by atoms with E-state index in [1.54, 1.807) is 12.1 Å². The number of ether oxygens (including phenoxy) is 2. The zero-order valence-electron chi connectivity index (χ0n) is 8.91. The molecule has 1 aromatic heterocycles.